The molecule has 2 saturated carbocycles. The third kappa shape index (κ3) is 10.0. The summed E-state index contributed by atoms with van der Waals surface area (Å²) < 4.78 is 117. The monoisotopic (exact) mass is 688 g/mol. The van der Waals surface area contributed by atoms with Crippen LogP contribution < -0.4 is 9.47 Å². The second kappa shape index (κ2) is 16.5. The molecule has 0 bridgehead atoms. The molecule has 0 aromatic heterocycles. The van der Waals surface area contributed by atoms with Gasteiger partial charge < -0.3 is 18.9 Å². The highest BCUT2D eigenvalue weighted by Gasteiger charge is 2.45. The first-order valence-corrected chi connectivity index (χ1v) is 17.6. The number of hydrogen-bond donors (Lipinski definition) is 0. The van der Waals surface area contributed by atoms with Gasteiger partial charge in [0.05, 0.1) is 19.1 Å². The Kier molecular flexibility index (Phi) is 12.6. The van der Waals surface area contributed by atoms with E-state index in [1.165, 1.54) is 32.1 Å². The van der Waals surface area contributed by atoms with Gasteiger partial charge in [-0.1, -0.05) is 51.2 Å². The molecule has 0 radical (unpaired) electrons. The molecule has 268 valence electrons. The Morgan fingerprint density at radius 3 is 2.00 bits per heavy atom. The summed E-state index contributed by atoms with van der Waals surface area (Å²) in [6, 6.07) is 7.19. The van der Waals surface area contributed by atoms with Crippen molar-refractivity contribution in [3.63, 3.8) is 0 Å². The molecule has 0 atom stereocenters. The van der Waals surface area contributed by atoms with E-state index in [9.17, 15) is 26.3 Å². The van der Waals surface area contributed by atoms with Gasteiger partial charge in [0, 0.05) is 17.9 Å². The quantitative estimate of drug-likeness (QED) is 0.155. The van der Waals surface area contributed by atoms with Crippen LogP contribution in [0.4, 0.5) is 30.7 Å². The van der Waals surface area contributed by atoms with Crippen LogP contribution in [0.1, 0.15) is 120 Å². The van der Waals surface area contributed by atoms with Gasteiger partial charge in [-0.25, -0.2) is 8.78 Å². The summed E-state index contributed by atoms with van der Waals surface area (Å²) in [7, 11) is 0. The van der Waals surface area contributed by atoms with Gasteiger partial charge in [-0.15, -0.1) is 13.2 Å². The zero-order chi connectivity index (χ0) is 34.3. The average molecular weight is 689 g/mol. The minimum Gasteiger partial charge on any atom is -0.432 e. The fraction of sp³-hybridized carbons (Fsp3) is 0.676. The summed E-state index contributed by atoms with van der Waals surface area (Å²) >= 11 is 0. The van der Waals surface area contributed by atoms with Gasteiger partial charge in [-0.2, -0.15) is 8.78 Å². The van der Waals surface area contributed by atoms with Crippen LogP contribution in [0.25, 0.3) is 0 Å². The smallest absolute Gasteiger partial charge is 0.432 e. The summed E-state index contributed by atoms with van der Waals surface area (Å²) in [5.41, 5.74) is 1.47. The van der Waals surface area contributed by atoms with E-state index < -0.39 is 35.7 Å². The third-order valence-corrected chi connectivity index (χ3v) is 10.4. The van der Waals surface area contributed by atoms with Crippen LogP contribution in [0.3, 0.4) is 0 Å². The second-order valence-corrected chi connectivity index (χ2v) is 13.8. The van der Waals surface area contributed by atoms with E-state index in [-0.39, 0.29) is 36.8 Å². The number of unbranched alkanes of at least 4 members (excludes halogenated alkanes) is 4. The van der Waals surface area contributed by atoms with Crippen molar-refractivity contribution in [2.45, 2.75) is 127 Å². The first kappa shape index (κ1) is 36.7. The molecule has 2 aromatic carbocycles. The Labute approximate surface area is 278 Å². The molecule has 3 aliphatic rings. The summed E-state index contributed by atoms with van der Waals surface area (Å²) in [5, 5.41) is 0. The van der Waals surface area contributed by atoms with Crippen LogP contribution in [0, 0.1) is 29.4 Å². The molecule has 0 spiro atoms. The van der Waals surface area contributed by atoms with Crippen molar-refractivity contribution in [1.82, 2.24) is 0 Å². The summed E-state index contributed by atoms with van der Waals surface area (Å²) in [4.78, 5) is 0. The topological polar surface area (TPSA) is 36.9 Å². The highest BCUT2D eigenvalue weighted by molar-refractivity contribution is 5.34. The molecule has 48 heavy (non-hydrogen) atoms. The summed E-state index contributed by atoms with van der Waals surface area (Å²) in [5.74, 6) is -3.91. The molecule has 3 fully saturated rings. The summed E-state index contributed by atoms with van der Waals surface area (Å²) in [6.07, 6.45) is 3.02. The van der Waals surface area contributed by atoms with E-state index in [4.69, 9.17) is 14.2 Å². The normalized spacial score (nSPS) is 27.1. The van der Waals surface area contributed by atoms with Crippen molar-refractivity contribution in [2.24, 2.45) is 17.8 Å². The van der Waals surface area contributed by atoms with Gasteiger partial charge in [-0.05, 0) is 98.9 Å². The molecule has 4 nitrogen and oxygen atoms in total. The molecule has 11 heteroatoms. The lowest BCUT2D eigenvalue weighted by Crippen LogP contribution is -2.38. The average Bonchev–Trinajstić information content (AvgIpc) is 3.06. The molecule has 1 saturated heterocycles. The molecule has 2 aliphatic carbocycles. The van der Waals surface area contributed by atoms with Gasteiger partial charge >= 0.3 is 12.5 Å². The van der Waals surface area contributed by atoms with Crippen molar-refractivity contribution in [3.8, 4) is 11.5 Å². The minimum absolute atomic E-state index is 0.0473. The predicted octanol–water partition coefficient (Wildman–Crippen LogP) is 11.4. The van der Waals surface area contributed by atoms with Crippen LogP contribution in [-0.4, -0.2) is 32.0 Å². The number of benzene rings is 2. The third-order valence-electron chi connectivity index (χ3n) is 10.4. The molecule has 5 rings (SSSR count). The maximum Gasteiger partial charge on any atom is 0.573 e. The lowest BCUT2D eigenvalue weighted by molar-refractivity contribution is -0.275. The van der Waals surface area contributed by atoms with Gasteiger partial charge in [-0.3, -0.25) is 0 Å². The van der Waals surface area contributed by atoms with E-state index in [0.717, 1.165) is 56.9 Å². The fourth-order valence-corrected chi connectivity index (χ4v) is 7.62. The van der Waals surface area contributed by atoms with E-state index >= 15 is 4.39 Å². The predicted molar refractivity (Wildman–Crippen MR) is 167 cm³/mol. The Hall–Kier alpha value is -2.53. The second-order valence-electron chi connectivity index (χ2n) is 13.8. The Morgan fingerprint density at radius 2 is 1.38 bits per heavy atom. The molecule has 0 N–H and O–H groups in total. The molecule has 2 aromatic rings. The van der Waals surface area contributed by atoms with E-state index in [1.807, 2.05) is 6.07 Å². The van der Waals surface area contributed by atoms with Gasteiger partial charge in [0.1, 0.15) is 11.6 Å². The number of alkyl halides is 5. The van der Waals surface area contributed by atoms with Crippen molar-refractivity contribution in [2.75, 3.05) is 13.2 Å². The zero-order valence-corrected chi connectivity index (χ0v) is 27.5. The summed E-state index contributed by atoms with van der Waals surface area (Å²) in [6.45, 7) is 3.74. The van der Waals surface area contributed by atoms with Crippen LogP contribution in [-0.2, 0) is 9.47 Å². The Morgan fingerprint density at radius 1 is 0.708 bits per heavy atom. The maximum absolute atomic E-state index is 15.4. The maximum atomic E-state index is 15.4. The zero-order valence-electron chi connectivity index (χ0n) is 27.5. The number of halogens is 7. The molecule has 1 aliphatic heterocycles. The largest absolute Gasteiger partial charge is 0.573 e. The highest BCUT2D eigenvalue weighted by atomic mass is 19.4. The SMILES string of the molecule is CCCCCCCC1COC(C2CCC(c3ccc(C4CCC(C(F)(F)Oc5ccc(OC(F)(F)F)c(F)c5)CC4)c(F)c3)CC2)OC1. The Bertz CT molecular complexity index is 1300. The highest BCUT2D eigenvalue weighted by Crippen LogP contribution is 2.45. The van der Waals surface area contributed by atoms with E-state index in [1.54, 1.807) is 12.1 Å². The van der Waals surface area contributed by atoms with Crippen molar-refractivity contribution >= 4 is 0 Å². The Balaban J connectivity index is 1.06. The van der Waals surface area contributed by atoms with Crippen LogP contribution in [0.15, 0.2) is 36.4 Å². The molecule has 1 heterocycles. The first-order chi connectivity index (χ1) is 22.9. The minimum atomic E-state index is -5.12. The standard InChI is InChI=1S/C37H47F7O4/c1-2-3-4-5-6-7-24-22-45-35(46-23-24)27-10-8-25(9-11-27)28-14-18-31(32(38)20-28)26-12-15-29(16-13-26)36(40,41)47-30-17-19-34(33(39)21-30)48-37(42,43)44/h14,17-21,24-27,29,35H,2-13,15-16,22-23H2,1H3. The van der Waals surface area contributed by atoms with Gasteiger partial charge in [0.25, 0.3) is 0 Å². The molecular weight excluding hydrogens is 641 g/mol. The van der Waals surface area contributed by atoms with Crippen LogP contribution in [0.2, 0.25) is 0 Å². The van der Waals surface area contributed by atoms with Crippen molar-refractivity contribution in [1.29, 1.82) is 0 Å². The number of hydrogen-bond acceptors (Lipinski definition) is 4. The lowest BCUT2D eigenvalue weighted by atomic mass is 9.76. The van der Waals surface area contributed by atoms with Gasteiger partial charge in [0.15, 0.2) is 17.9 Å². The van der Waals surface area contributed by atoms with Crippen LogP contribution >= 0.6 is 0 Å². The molecule has 0 unspecified atom stereocenters. The lowest BCUT2D eigenvalue weighted by Gasteiger charge is -2.38. The van der Waals surface area contributed by atoms with Crippen LogP contribution in [0.5, 0.6) is 11.5 Å². The first-order valence-electron chi connectivity index (χ1n) is 17.6. The molecule has 0 amide bonds. The van der Waals surface area contributed by atoms with E-state index in [2.05, 4.69) is 11.7 Å². The van der Waals surface area contributed by atoms with Gasteiger partial charge in [0.2, 0.25) is 0 Å². The molecular formula is C37H47F7O4. The van der Waals surface area contributed by atoms with Crippen molar-refractivity contribution in [3.05, 3.63) is 59.2 Å². The van der Waals surface area contributed by atoms with Crippen molar-refractivity contribution < 1.29 is 49.7 Å². The van der Waals surface area contributed by atoms with E-state index in [0.29, 0.717) is 42.4 Å². The fourth-order valence-electron chi connectivity index (χ4n) is 7.62. The number of ether oxygens (including phenoxy) is 4. The number of rotatable bonds is 13.